The van der Waals surface area contributed by atoms with E-state index in [1.165, 1.54) is 15.6 Å². The zero-order valence-corrected chi connectivity index (χ0v) is 10.4. The van der Waals surface area contributed by atoms with Gasteiger partial charge in [0.2, 0.25) is 0 Å². The third-order valence-electron chi connectivity index (χ3n) is 1.96. The first-order chi connectivity index (χ1) is 5.88. The molecule has 0 aliphatic heterocycles. The van der Waals surface area contributed by atoms with Gasteiger partial charge in [-0.1, -0.05) is 48.8 Å². The Hall–Kier alpha value is -0.300. The molecule has 1 heteroatoms. The van der Waals surface area contributed by atoms with Gasteiger partial charge in [0.1, 0.15) is 0 Å². The van der Waals surface area contributed by atoms with Crippen LogP contribution in [0.4, 0.5) is 0 Å². The van der Waals surface area contributed by atoms with Crippen LogP contribution in [0.2, 0.25) is 0 Å². The van der Waals surface area contributed by atoms with Crippen molar-refractivity contribution < 1.29 is 0 Å². The molecule has 0 fully saturated rings. The molecule has 0 unspecified atom stereocenters. The van der Waals surface area contributed by atoms with E-state index in [-0.39, 0.29) is 0 Å². The second-order valence-electron chi connectivity index (χ2n) is 4.82. The predicted molar refractivity (Wildman–Crippen MR) is 62.0 cm³/mol. The molecule has 1 aromatic rings. The smallest absolute Gasteiger partial charge is 0.0204 e. The maximum absolute atomic E-state index is 3.51. The van der Waals surface area contributed by atoms with E-state index in [1.54, 1.807) is 0 Å². The molecule has 72 valence electrons. The molecule has 0 atom stereocenters. The third kappa shape index (κ3) is 3.51. The van der Waals surface area contributed by atoms with Crippen LogP contribution in [0.15, 0.2) is 22.7 Å². The lowest BCUT2D eigenvalue weighted by Crippen LogP contribution is -2.09. The normalized spacial score (nSPS) is 11.8. The summed E-state index contributed by atoms with van der Waals surface area (Å²) in [6.45, 7) is 8.94. The summed E-state index contributed by atoms with van der Waals surface area (Å²) in [6.07, 6.45) is 1.14. The quantitative estimate of drug-likeness (QED) is 0.685. The monoisotopic (exact) mass is 240 g/mol. The van der Waals surface area contributed by atoms with E-state index < -0.39 is 0 Å². The van der Waals surface area contributed by atoms with Crippen molar-refractivity contribution in [2.75, 3.05) is 0 Å². The third-order valence-corrected chi connectivity index (χ3v) is 2.85. The zero-order chi connectivity index (χ0) is 10.1. The molecule has 13 heavy (non-hydrogen) atoms. The van der Waals surface area contributed by atoms with Gasteiger partial charge in [-0.3, -0.25) is 0 Å². The Morgan fingerprint density at radius 1 is 1.23 bits per heavy atom. The van der Waals surface area contributed by atoms with E-state index in [4.69, 9.17) is 0 Å². The molecule has 1 aromatic carbocycles. The van der Waals surface area contributed by atoms with Crippen LogP contribution >= 0.6 is 15.9 Å². The number of halogens is 1. The molecule has 0 saturated carbocycles. The molecule has 0 saturated heterocycles. The summed E-state index contributed by atoms with van der Waals surface area (Å²) in [7, 11) is 0. The summed E-state index contributed by atoms with van der Waals surface area (Å²) in [5.41, 5.74) is 3.12. The highest BCUT2D eigenvalue weighted by atomic mass is 79.9. The molecule has 0 N–H and O–H groups in total. The van der Waals surface area contributed by atoms with Crippen molar-refractivity contribution in [1.29, 1.82) is 0 Å². The van der Waals surface area contributed by atoms with Crippen molar-refractivity contribution in [2.45, 2.75) is 34.1 Å². The number of aryl methyl sites for hydroxylation is 1. The topological polar surface area (TPSA) is 0 Å². The molecule has 0 aliphatic rings. The molecule has 0 spiro atoms. The van der Waals surface area contributed by atoms with Gasteiger partial charge >= 0.3 is 0 Å². The SMILES string of the molecule is Cc1cc(CC(C)(C)C)ccc1Br. The van der Waals surface area contributed by atoms with Gasteiger partial charge in [-0.2, -0.15) is 0 Å². The maximum atomic E-state index is 3.51. The number of hydrogen-bond donors (Lipinski definition) is 0. The van der Waals surface area contributed by atoms with Gasteiger partial charge in [-0.15, -0.1) is 0 Å². The minimum Gasteiger partial charge on any atom is -0.0599 e. The summed E-state index contributed by atoms with van der Waals surface area (Å²) < 4.78 is 1.20. The van der Waals surface area contributed by atoms with E-state index in [0.29, 0.717) is 5.41 Å². The lowest BCUT2D eigenvalue weighted by atomic mass is 9.88. The molecule has 0 aliphatic carbocycles. The summed E-state index contributed by atoms with van der Waals surface area (Å²) in [6, 6.07) is 6.59. The van der Waals surface area contributed by atoms with Crippen molar-refractivity contribution in [3.05, 3.63) is 33.8 Å². The van der Waals surface area contributed by atoms with Crippen molar-refractivity contribution in [3.8, 4) is 0 Å². The Bertz CT molecular complexity index is 294. The number of hydrogen-bond acceptors (Lipinski definition) is 0. The summed E-state index contributed by atoms with van der Waals surface area (Å²) in [5, 5.41) is 0. The summed E-state index contributed by atoms with van der Waals surface area (Å²) >= 11 is 3.51. The number of benzene rings is 1. The Balaban J connectivity index is 2.86. The maximum Gasteiger partial charge on any atom is 0.0204 e. The highest BCUT2D eigenvalue weighted by Gasteiger charge is 2.11. The largest absolute Gasteiger partial charge is 0.0599 e. The lowest BCUT2D eigenvalue weighted by molar-refractivity contribution is 0.411. The van der Waals surface area contributed by atoms with Crippen molar-refractivity contribution in [3.63, 3.8) is 0 Å². The minimum absolute atomic E-state index is 0.375. The molecule has 0 bridgehead atoms. The second kappa shape index (κ2) is 3.83. The highest BCUT2D eigenvalue weighted by Crippen LogP contribution is 2.23. The van der Waals surface area contributed by atoms with Crippen LogP contribution < -0.4 is 0 Å². The van der Waals surface area contributed by atoms with Crippen LogP contribution in [-0.2, 0) is 6.42 Å². The highest BCUT2D eigenvalue weighted by molar-refractivity contribution is 9.10. The van der Waals surface area contributed by atoms with Crippen LogP contribution in [0, 0.1) is 12.3 Å². The van der Waals surface area contributed by atoms with E-state index in [1.807, 2.05) is 0 Å². The first kappa shape index (κ1) is 10.8. The molecule has 0 aromatic heterocycles. The zero-order valence-electron chi connectivity index (χ0n) is 8.82. The lowest BCUT2D eigenvalue weighted by Gasteiger charge is -2.18. The molecular formula is C12H17Br. The van der Waals surface area contributed by atoms with E-state index >= 15 is 0 Å². The first-order valence-corrected chi connectivity index (χ1v) is 5.43. The van der Waals surface area contributed by atoms with Crippen molar-refractivity contribution in [1.82, 2.24) is 0 Å². The molecule has 0 heterocycles. The van der Waals surface area contributed by atoms with Gasteiger partial charge in [0, 0.05) is 4.47 Å². The minimum atomic E-state index is 0.375. The van der Waals surface area contributed by atoms with Gasteiger partial charge in [0.25, 0.3) is 0 Å². The van der Waals surface area contributed by atoms with Gasteiger partial charge in [0.15, 0.2) is 0 Å². The van der Waals surface area contributed by atoms with Crippen LogP contribution in [0.1, 0.15) is 31.9 Å². The molecule has 0 nitrogen and oxygen atoms in total. The fourth-order valence-corrected chi connectivity index (χ4v) is 1.68. The Morgan fingerprint density at radius 3 is 2.31 bits per heavy atom. The Morgan fingerprint density at radius 2 is 1.85 bits per heavy atom. The van der Waals surface area contributed by atoms with Crippen molar-refractivity contribution in [2.24, 2.45) is 5.41 Å². The molecule has 0 amide bonds. The van der Waals surface area contributed by atoms with Crippen LogP contribution in [0.25, 0.3) is 0 Å². The van der Waals surface area contributed by atoms with Gasteiger partial charge in [-0.05, 0) is 36.0 Å². The van der Waals surface area contributed by atoms with Gasteiger partial charge in [0.05, 0.1) is 0 Å². The molecular weight excluding hydrogens is 224 g/mol. The van der Waals surface area contributed by atoms with Crippen LogP contribution in [-0.4, -0.2) is 0 Å². The second-order valence-corrected chi connectivity index (χ2v) is 5.68. The van der Waals surface area contributed by atoms with E-state index in [2.05, 4.69) is 61.8 Å². The fraction of sp³-hybridized carbons (Fsp3) is 0.500. The van der Waals surface area contributed by atoms with Crippen LogP contribution in [0.3, 0.4) is 0 Å². The number of rotatable bonds is 1. The standard InChI is InChI=1S/C12H17Br/c1-9-7-10(5-6-11(9)13)8-12(2,3)4/h5-7H,8H2,1-4H3. The summed E-state index contributed by atoms with van der Waals surface area (Å²) in [4.78, 5) is 0. The Labute approximate surface area is 89.5 Å². The van der Waals surface area contributed by atoms with E-state index in [9.17, 15) is 0 Å². The molecule has 1 rings (SSSR count). The molecule has 0 radical (unpaired) electrons. The summed E-state index contributed by atoms with van der Waals surface area (Å²) in [5.74, 6) is 0. The predicted octanol–water partition coefficient (Wildman–Crippen LogP) is 4.35. The van der Waals surface area contributed by atoms with Gasteiger partial charge in [-0.25, -0.2) is 0 Å². The van der Waals surface area contributed by atoms with Gasteiger partial charge < -0.3 is 0 Å². The Kier molecular flexibility index (Phi) is 3.18. The fourth-order valence-electron chi connectivity index (χ4n) is 1.43. The first-order valence-electron chi connectivity index (χ1n) is 4.63. The average Bonchev–Trinajstić information content (AvgIpc) is 1.94. The van der Waals surface area contributed by atoms with E-state index in [0.717, 1.165) is 6.42 Å². The average molecular weight is 241 g/mol. The van der Waals surface area contributed by atoms with Crippen LogP contribution in [0.5, 0.6) is 0 Å². The van der Waals surface area contributed by atoms with Crippen molar-refractivity contribution >= 4 is 15.9 Å².